The van der Waals surface area contributed by atoms with Crippen LogP contribution in [-0.2, 0) is 17.9 Å². The standard InChI is InChI=1S/C24H24N6O/c1-30(16-21-7-2-3-10-26-21)17-23(31)27-14-18-5-4-6-20(13-18)24-22(15-28-29-24)19-8-11-25-12-9-19/h2-13,15H,14,16-17H2,1H3,(H,27,31)(H,28,29). The van der Waals surface area contributed by atoms with E-state index in [1.165, 1.54) is 0 Å². The van der Waals surface area contributed by atoms with Crippen LogP contribution in [-0.4, -0.2) is 44.6 Å². The number of nitrogens with zero attached hydrogens (tertiary/aromatic N) is 4. The number of hydrogen-bond acceptors (Lipinski definition) is 5. The maximum absolute atomic E-state index is 12.4. The minimum Gasteiger partial charge on any atom is -0.351 e. The third-order valence-corrected chi connectivity index (χ3v) is 4.91. The monoisotopic (exact) mass is 412 g/mol. The average Bonchev–Trinajstić information content (AvgIpc) is 3.29. The fraction of sp³-hybridized carbons (Fsp3) is 0.167. The van der Waals surface area contributed by atoms with E-state index in [4.69, 9.17) is 0 Å². The van der Waals surface area contributed by atoms with Gasteiger partial charge in [0.05, 0.1) is 24.1 Å². The second-order valence-corrected chi connectivity index (χ2v) is 7.37. The molecule has 0 fully saturated rings. The molecule has 7 nitrogen and oxygen atoms in total. The number of hydrogen-bond donors (Lipinski definition) is 2. The zero-order chi connectivity index (χ0) is 21.5. The molecule has 1 aromatic carbocycles. The zero-order valence-corrected chi connectivity index (χ0v) is 17.3. The molecule has 0 bridgehead atoms. The number of nitrogens with one attached hydrogen (secondary N) is 2. The third-order valence-electron chi connectivity index (χ3n) is 4.91. The van der Waals surface area contributed by atoms with Crippen LogP contribution in [0.2, 0.25) is 0 Å². The first kappa shape index (κ1) is 20.4. The molecule has 0 aliphatic carbocycles. The van der Waals surface area contributed by atoms with Crippen LogP contribution in [0.5, 0.6) is 0 Å². The van der Waals surface area contributed by atoms with Gasteiger partial charge in [0, 0.05) is 42.8 Å². The van der Waals surface area contributed by atoms with E-state index in [0.717, 1.165) is 33.6 Å². The van der Waals surface area contributed by atoms with E-state index >= 15 is 0 Å². The number of aromatic nitrogens is 4. The van der Waals surface area contributed by atoms with E-state index in [1.54, 1.807) is 18.6 Å². The van der Waals surface area contributed by atoms with Crippen LogP contribution in [0, 0.1) is 0 Å². The van der Waals surface area contributed by atoms with Crippen molar-refractivity contribution in [2.75, 3.05) is 13.6 Å². The molecule has 0 radical (unpaired) electrons. The summed E-state index contributed by atoms with van der Waals surface area (Å²) in [6, 6.07) is 17.8. The highest BCUT2D eigenvalue weighted by molar-refractivity contribution is 5.80. The summed E-state index contributed by atoms with van der Waals surface area (Å²) in [6.45, 7) is 1.40. The summed E-state index contributed by atoms with van der Waals surface area (Å²) < 4.78 is 0. The Kier molecular flexibility index (Phi) is 6.44. The second-order valence-electron chi connectivity index (χ2n) is 7.37. The Morgan fingerprint density at radius 2 is 1.90 bits per heavy atom. The molecule has 0 atom stereocenters. The predicted octanol–water partition coefficient (Wildman–Crippen LogP) is 3.28. The van der Waals surface area contributed by atoms with Gasteiger partial charge < -0.3 is 5.32 Å². The van der Waals surface area contributed by atoms with Crippen LogP contribution in [0.1, 0.15) is 11.3 Å². The maximum Gasteiger partial charge on any atom is 0.234 e. The molecule has 0 saturated carbocycles. The molecule has 1 amide bonds. The molecule has 0 unspecified atom stereocenters. The summed E-state index contributed by atoms with van der Waals surface area (Å²) in [5.41, 5.74) is 5.98. The summed E-state index contributed by atoms with van der Waals surface area (Å²) in [5.74, 6) is -0.0251. The minimum absolute atomic E-state index is 0.0251. The molecule has 0 aliphatic rings. The lowest BCUT2D eigenvalue weighted by Gasteiger charge is -2.16. The van der Waals surface area contributed by atoms with E-state index < -0.39 is 0 Å². The van der Waals surface area contributed by atoms with Gasteiger partial charge in [-0.15, -0.1) is 0 Å². The number of aromatic amines is 1. The first-order valence-corrected chi connectivity index (χ1v) is 10.1. The number of amides is 1. The molecule has 7 heteroatoms. The van der Waals surface area contributed by atoms with Crippen molar-refractivity contribution < 1.29 is 4.79 Å². The molecule has 2 N–H and O–H groups in total. The van der Waals surface area contributed by atoms with Crippen molar-refractivity contribution in [3.8, 4) is 22.4 Å². The normalized spacial score (nSPS) is 10.9. The van der Waals surface area contributed by atoms with Gasteiger partial charge in [-0.1, -0.05) is 24.3 Å². The molecular formula is C24H24N6O. The summed E-state index contributed by atoms with van der Waals surface area (Å²) in [7, 11) is 1.91. The highest BCUT2D eigenvalue weighted by atomic mass is 16.2. The van der Waals surface area contributed by atoms with Gasteiger partial charge in [0.25, 0.3) is 0 Å². The number of H-pyrrole nitrogens is 1. The molecule has 3 heterocycles. The van der Waals surface area contributed by atoms with Crippen molar-refractivity contribution in [2.45, 2.75) is 13.1 Å². The number of pyridine rings is 2. The molecule has 0 aliphatic heterocycles. The number of carbonyl (C=O) groups excluding carboxylic acids is 1. The van der Waals surface area contributed by atoms with Crippen LogP contribution >= 0.6 is 0 Å². The Labute approximate surface area is 181 Å². The van der Waals surface area contributed by atoms with Crippen LogP contribution in [0.4, 0.5) is 0 Å². The molecule has 31 heavy (non-hydrogen) atoms. The summed E-state index contributed by atoms with van der Waals surface area (Å²) in [4.78, 5) is 22.7. The van der Waals surface area contributed by atoms with E-state index in [0.29, 0.717) is 19.6 Å². The van der Waals surface area contributed by atoms with Crippen LogP contribution in [0.15, 0.2) is 79.4 Å². The summed E-state index contributed by atoms with van der Waals surface area (Å²) in [5, 5.41) is 10.3. The first-order valence-electron chi connectivity index (χ1n) is 10.1. The molecule has 0 spiro atoms. The summed E-state index contributed by atoms with van der Waals surface area (Å²) in [6.07, 6.45) is 7.11. The lowest BCUT2D eigenvalue weighted by atomic mass is 10.0. The minimum atomic E-state index is -0.0251. The van der Waals surface area contributed by atoms with Crippen LogP contribution in [0.25, 0.3) is 22.4 Å². The smallest absolute Gasteiger partial charge is 0.234 e. The van der Waals surface area contributed by atoms with Crippen LogP contribution in [0.3, 0.4) is 0 Å². The Morgan fingerprint density at radius 3 is 2.71 bits per heavy atom. The molecule has 3 aromatic heterocycles. The van der Waals surface area contributed by atoms with Gasteiger partial charge in [0.15, 0.2) is 0 Å². The van der Waals surface area contributed by atoms with E-state index in [-0.39, 0.29) is 5.91 Å². The topological polar surface area (TPSA) is 86.8 Å². The second kappa shape index (κ2) is 9.77. The van der Waals surface area contributed by atoms with Crippen molar-refractivity contribution in [3.05, 3.63) is 90.6 Å². The van der Waals surface area contributed by atoms with E-state index in [9.17, 15) is 4.79 Å². The average molecular weight is 412 g/mol. The SMILES string of the molecule is CN(CC(=O)NCc1cccc(-c2[nH]ncc2-c2ccncc2)c1)Cc1ccccn1. The highest BCUT2D eigenvalue weighted by Crippen LogP contribution is 2.30. The summed E-state index contributed by atoms with van der Waals surface area (Å²) >= 11 is 0. The fourth-order valence-corrected chi connectivity index (χ4v) is 3.42. The van der Waals surface area contributed by atoms with Crippen molar-refractivity contribution in [1.82, 2.24) is 30.4 Å². The quantitative estimate of drug-likeness (QED) is 0.464. The number of rotatable bonds is 8. The van der Waals surface area contributed by atoms with Gasteiger partial charge in [0.2, 0.25) is 5.91 Å². The third kappa shape index (κ3) is 5.40. The Morgan fingerprint density at radius 1 is 1.03 bits per heavy atom. The lowest BCUT2D eigenvalue weighted by molar-refractivity contribution is -0.122. The predicted molar refractivity (Wildman–Crippen MR) is 120 cm³/mol. The highest BCUT2D eigenvalue weighted by Gasteiger charge is 2.11. The van der Waals surface area contributed by atoms with E-state index in [2.05, 4.69) is 31.5 Å². The Balaban J connectivity index is 1.37. The van der Waals surface area contributed by atoms with Gasteiger partial charge in [-0.25, -0.2) is 0 Å². The number of carbonyl (C=O) groups is 1. The first-order chi connectivity index (χ1) is 15.2. The van der Waals surface area contributed by atoms with Gasteiger partial charge in [0.1, 0.15) is 0 Å². The van der Waals surface area contributed by atoms with Crippen molar-refractivity contribution in [1.29, 1.82) is 0 Å². The van der Waals surface area contributed by atoms with Gasteiger partial charge in [-0.3, -0.25) is 24.8 Å². The van der Waals surface area contributed by atoms with Crippen molar-refractivity contribution in [2.24, 2.45) is 0 Å². The van der Waals surface area contributed by atoms with Crippen molar-refractivity contribution in [3.63, 3.8) is 0 Å². The fourth-order valence-electron chi connectivity index (χ4n) is 3.42. The number of likely N-dealkylation sites (N-methyl/N-ethyl adjacent to an activating group) is 1. The zero-order valence-electron chi connectivity index (χ0n) is 17.3. The lowest BCUT2D eigenvalue weighted by Crippen LogP contribution is -2.34. The van der Waals surface area contributed by atoms with Gasteiger partial charge >= 0.3 is 0 Å². The van der Waals surface area contributed by atoms with Gasteiger partial charge in [-0.05, 0) is 48.5 Å². The molecule has 4 rings (SSSR count). The maximum atomic E-state index is 12.4. The molecule has 4 aromatic rings. The van der Waals surface area contributed by atoms with Gasteiger partial charge in [-0.2, -0.15) is 5.10 Å². The number of benzene rings is 1. The van der Waals surface area contributed by atoms with Crippen LogP contribution < -0.4 is 5.32 Å². The molecule has 0 saturated heterocycles. The Hall–Kier alpha value is -3.84. The molecule has 156 valence electrons. The van der Waals surface area contributed by atoms with E-state index in [1.807, 2.05) is 66.7 Å². The molecular weight excluding hydrogens is 388 g/mol. The van der Waals surface area contributed by atoms with Crippen molar-refractivity contribution >= 4 is 5.91 Å². The largest absolute Gasteiger partial charge is 0.351 e. The Bertz CT molecular complexity index is 1130.